The van der Waals surface area contributed by atoms with Crippen molar-refractivity contribution in [3.8, 4) is 0 Å². The lowest BCUT2D eigenvalue weighted by Gasteiger charge is -2.35. The number of nitrogens with zero attached hydrogens (tertiary/aromatic N) is 1. The van der Waals surface area contributed by atoms with Gasteiger partial charge in [-0.15, -0.1) is 0 Å². The fourth-order valence-electron chi connectivity index (χ4n) is 2.28. The van der Waals surface area contributed by atoms with Crippen LogP contribution in [0.15, 0.2) is 18.2 Å². The fraction of sp³-hybridized carbons (Fsp3) is 0.571. The molecule has 1 rings (SSSR count). The average molecular weight is 273 g/mol. The van der Waals surface area contributed by atoms with Gasteiger partial charge in [0.2, 0.25) is 0 Å². The Morgan fingerprint density at radius 1 is 1.39 bits per heavy atom. The first-order valence-electron chi connectivity index (χ1n) is 6.45. The second-order valence-corrected chi connectivity index (χ2v) is 4.94. The molecule has 0 aromatic heterocycles. The third-order valence-electron chi connectivity index (χ3n) is 3.46. The molecule has 2 atom stereocenters. The molecule has 0 saturated heterocycles. The second kappa shape index (κ2) is 7.07. The van der Waals surface area contributed by atoms with Crippen LogP contribution in [-0.4, -0.2) is 24.0 Å². The summed E-state index contributed by atoms with van der Waals surface area (Å²) in [5.41, 5.74) is 6.43. The predicted molar refractivity (Wildman–Crippen MR) is 75.3 cm³/mol. The van der Waals surface area contributed by atoms with Crippen LogP contribution in [0.4, 0.5) is 4.39 Å². The number of hydrogen-bond donors (Lipinski definition) is 1. The maximum atomic E-state index is 13.9. The van der Waals surface area contributed by atoms with Crippen molar-refractivity contribution in [2.75, 3.05) is 13.1 Å². The third-order valence-corrected chi connectivity index (χ3v) is 3.70. The van der Waals surface area contributed by atoms with Gasteiger partial charge in [-0.05, 0) is 38.1 Å². The highest BCUT2D eigenvalue weighted by Crippen LogP contribution is 2.27. The number of halogens is 2. The summed E-state index contributed by atoms with van der Waals surface area (Å²) in [4.78, 5) is 2.22. The van der Waals surface area contributed by atoms with E-state index in [2.05, 4.69) is 25.7 Å². The van der Waals surface area contributed by atoms with Crippen LogP contribution in [0.1, 0.15) is 38.8 Å². The molecule has 102 valence electrons. The molecule has 0 heterocycles. The lowest BCUT2D eigenvalue weighted by atomic mass is 10.0. The molecule has 18 heavy (non-hydrogen) atoms. The van der Waals surface area contributed by atoms with Crippen LogP contribution in [0.25, 0.3) is 0 Å². The van der Waals surface area contributed by atoms with Crippen molar-refractivity contribution in [1.29, 1.82) is 0 Å². The molecule has 1 aromatic rings. The first-order chi connectivity index (χ1) is 8.54. The van der Waals surface area contributed by atoms with E-state index in [1.807, 2.05) is 0 Å². The summed E-state index contributed by atoms with van der Waals surface area (Å²) < 4.78 is 13.9. The zero-order valence-electron chi connectivity index (χ0n) is 11.3. The zero-order chi connectivity index (χ0) is 13.7. The number of rotatable bonds is 6. The van der Waals surface area contributed by atoms with Crippen LogP contribution < -0.4 is 5.73 Å². The van der Waals surface area contributed by atoms with E-state index in [-0.39, 0.29) is 11.9 Å². The van der Waals surface area contributed by atoms with Crippen molar-refractivity contribution in [2.24, 2.45) is 5.73 Å². The quantitative estimate of drug-likeness (QED) is 0.857. The third kappa shape index (κ3) is 3.44. The maximum absolute atomic E-state index is 13.9. The molecule has 2 N–H and O–H groups in total. The molecule has 4 heteroatoms. The number of likely N-dealkylation sites (N-methyl/N-ethyl adjacent to an activating group) is 1. The first-order valence-corrected chi connectivity index (χ1v) is 6.83. The zero-order valence-corrected chi connectivity index (χ0v) is 12.0. The van der Waals surface area contributed by atoms with E-state index in [1.165, 1.54) is 6.07 Å². The van der Waals surface area contributed by atoms with Gasteiger partial charge in [-0.3, -0.25) is 4.90 Å². The van der Waals surface area contributed by atoms with Gasteiger partial charge in [0.15, 0.2) is 0 Å². The summed E-state index contributed by atoms with van der Waals surface area (Å²) in [5, 5.41) is 0.546. The predicted octanol–water partition coefficient (Wildman–Crippen LogP) is 3.60. The minimum Gasteiger partial charge on any atom is -0.329 e. The Bertz CT molecular complexity index is 384. The van der Waals surface area contributed by atoms with Gasteiger partial charge in [0.05, 0.1) is 6.04 Å². The lowest BCUT2D eigenvalue weighted by Crippen LogP contribution is -2.40. The first kappa shape index (κ1) is 15.4. The molecule has 0 saturated carbocycles. The van der Waals surface area contributed by atoms with Crippen molar-refractivity contribution < 1.29 is 4.39 Å². The molecule has 0 aliphatic heterocycles. The summed E-state index contributed by atoms with van der Waals surface area (Å²) in [6.45, 7) is 7.54. The van der Waals surface area contributed by atoms with Gasteiger partial charge >= 0.3 is 0 Å². The summed E-state index contributed by atoms with van der Waals surface area (Å²) >= 11 is 5.95. The van der Waals surface area contributed by atoms with Gasteiger partial charge in [-0.25, -0.2) is 4.39 Å². The van der Waals surface area contributed by atoms with Crippen LogP contribution in [0.2, 0.25) is 5.02 Å². The van der Waals surface area contributed by atoms with Crippen molar-refractivity contribution in [1.82, 2.24) is 4.90 Å². The van der Waals surface area contributed by atoms with Crippen LogP contribution >= 0.6 is 11.6 Å². The highest BCUT2D eigenvalue weighted by Gasteiger charge is 2.24. The summed E-state index contributed by atoms with van der Waals surface area (Å²) in [5.74, 6) is -0.239. The minimum atomic E-state index is -0.239. The van der Waals surface area contributed by atoms with Gasteiger partial charge in [0.25, 0.3) is 0 Å². The average Bonchev–Trinajstić information content (AvgIpc) is 2.38. The Hall–Kier alpha value is -0.640. The molecule has 0 fully saturated rings. The largest absolute Gasteiger partial charge is 0.329 e. The van der Waals surface area contributed by atoms with Crippen LogP contribution in [0, 0.1) is 5.82 Å². The summed E-state index contributed by atoms with van der Waals surface area (Å²) in [6, 6.07) is 4.89. The maximum Gasteiger partial charge on any atom is 0.128 e. The smallest absolute Gasteiger partial charge is 0.128 e. The lowest BCUT2D eigenvalue weighted by molar-refractivity contribution is 0.149. The Labute approximate surface area is 114 Å². The molecule has 0 spiro atoms. The summed E-state index contributed by atoms with van der Waals surface area (Å²) in [7, 11) is 0. The molecular formula is C14H22ClFN2. The summed E-state index contributed by atoms with van der Waals surface area (Å²) in [6.07, 6.45) is 1.01. The van der Waals surface area contributed by atoms with Gasteiger partial charge in [-0.1, -0.05) is 25.4 Å². The molecule has 0 bridgehead atoms. The van der Waals surface area contributed by atoms with Crippen molar-refractivity contribution >= 4 is 11.6 Å². The van der Waals surface area contributed by atoms with E-state index in [9.17, 15) is 4.39 Å². The van der Waals surface area contributed by atoms with Gasteiger partial charge < -0.3 is 5.73 Å². The molecular weight excluding hydrogens is 251 g/mol. The van der Waals surface area contributed by atoms with Crippen LogP contribution in [0.3, 0.4) is 0 Å². The topological polar surface area (TPSA) is 29.3 Å². The van der Waals surface area contributed by atoms with E-state index in [0.29, 0.717) is 23.2 Å². The minimum absolute atomic E-state index is 0.122. The number of nitrogens with two attached hydrogens (primary N) is 1. The van der Waals surface area contributed by atoms with Crippen LogP contribution in [-0.2, 0) is 0 Å². The molecule has 0 amide bonds. The van der Waals surface area contributed by atoms with E-state index in [4.69, 9.17) is 17.3 Å². The van der Waals surface area contributed by atoms with Gasteiger partial charge in [0.1, 0.15) is 5.82 Å². The van der Waals surface area contributed by atoms with Crippen molar-refractivity contribution in [2.45, 2.75) is 39.3 Å². The number of benzene rings is 1. The van der Waals surface area contributed by atoms with E-state index in [0.717, 1.165) is 13.0 Å². The highest BCUT2D eigenvalue weighted by molar-refractivity contribution is 6.30. The van der Waals surface area contributed by atoms with Crippen molar-refractivity contribution in [3.63, 3.8) is 0 Å². The molecule has 2 unspecified atom stereocenters. The van der Waals surface area contributed by atoms with Gasteiger partial charge in [0, 0.05) is 23.2 Å². The molecule has 0 aliphatic rings. The Morgan fingerprint density at radius 3 is 2.56 bits per heavy atom. The standard InChI is InChI=1S/C14H22ClFN2/c1-4-10(3)18(5-2)14(9-17)12-8-11(15)6-7-13(12)16/h6-8,10,14H,4-5,9,17H2,1-3H3. The van der Waals surface area contributed by atoms with Crippen molar-refractivity contribution in [3.05, 3.63) is 34.6 Å². The molecule has 0 radical (unpaired) electrons. The SMILES string of the molecule is CCC(C)N(CC)C(CN)c1cc(Cl)ccc1F. The number of hydrogen-bond acceptors (Lipinski definition) is 2. The molecule has 1 aromatic carbocycles. The molecule has 0 aliphatic carbocycles. The second-order valence-electron chi connectivity index (χ2n) is 4.51. The molecule has 2 nitrogen and oxygen atoms in total. The monoisotopic (exact) mass is 272 g/mol. The Kier molecular flexibility index (Phi) is 6.06. The van der Waals surface area contributed by atoms with E-state index < -0.39 is 0 Å². The van der Waals surface area contributed by atoms with E-state index >= 15 is 0 Å². The highest BCUT2D eigenvalue weighted by atomic mass is 35.5. The fourth-order valence-corrected chi connectivity index (χ4v) is 2.47. The Morgan fingerprint density at radius 2 is 2.06 bits per heavy atom. The van der Waals surface area contributed by atoms with E-state index in [1.54, 1.807) is 12.1 Å². The van der Waals surface area contributed by atoms with Crippen LogP contribution in [0.5, 0.6) is 0 Å². The normalized spacial score (nSPS) is 14.8. The Balaban J connectivity index is 3.10. The van der Waals surface area contributed by atoms with Gasteiger partial charge in [-0.2, -0.15) is 0 Å².